The van der Waals surface area contributed by atoms with E-state index in [1.54, 1.807) is 0 Å². The Labute approximate surface area is 95.2 Å². The normalized spacial score (nSPS) is 18.9. The lowest BCUT2D eigenvalue weighted by Gasteiger charge is -2.21. The summed E-state index contributed by atoms with van der Waals surface area (Å²) < 4.78 is 40.6. The minimum atomic E-state index is -4.36. The van der Waals surface area contributed by atoms with Crippen molar-refractivity contribution in [3.63, 3.8) is 0 Å². The maximum atomic E-state index is 12.3. The largest absolute Gasteiger partial charge is 0.444 e. The summed E-state index contributed by atoms with van der Waals surface area (Å²) in [5, 5.41) is 2.38. The summed E-state index contributed by atoms with van der Waals surface area (Å²) in [5.41, 5.74) is 0. The highest BCUT2D eigenvalue weighted by atomic mass is 32.1. The van der Waals surface area contributed by atoms with Crippen molar-refractivity contribution in [2.75, 3.05) is 13.1 Å². The molecular formula is C9H12F3N3S. The van der Waals surface area contributed by atoms with E-state index in [9.17, 15) is 13.2 Å². The van der Waals surface area contributed by atoms with Gasteiger partial charge in [0.05, 0.1) is 0 Å². The van der Waals surface area contributed by atoms with Gasteiger partial charge in [-0.15, -0.1) is 0 Å². The first-order valence-corrected chi connectivity index (χ1v) is 5.93. The first kappa shape index (κ1) is 11.8. The van der Waals surface area contributed by atoms with Crippen LogP contribution in [-0.4, -0.2) is 22.4 Å². The SMILES string of the molecule is FC(F)(F)c1nc(CC2CCNCC2)ns1. The number of nitrogens with one attached hydrogen (secondary N) is 1. The average Bonchev–Trinajstić information content (AvgIpc) is 2.67. The van der Waals surface area contributed by atoms with Crippen LogP contribution in [-0.2, 0) is 12.6 Å². The molecule has 0 radical (unpaired) electrons. The smallest absolute Gasteiger partial charge is 0.317 e. The van der Waals surface area contributed by atoms with Crippen LogP contribution in [0, 0.1) is 5.92 Å². The van der Waals surface area contributed by atoms with Crippen molar-refractivity contribution in [3.05, 3.63) is 10.8 Å². The van der Waals surface area contributed by atoms with E-state index in [1.807, 2.05) is 0 Å². The lowest BCUT2D eigenvalue weighted by molar-refractivity contribution is -0.137. The molecule has 3 nitrogen and oxygen atoms in total. The minimum Gasteiger partial charge on any atom is -0.317 e. The highest BCUT2D eigenvalue weighted by molar-refractivity contribution is 7.05. The van der Waals surface area contributed by atoms with Gasteiger partial charge in [-0.1, -0.05) is 0 Å². The summed E-state index contributed by atoms with van der Waals surface area (Å²) in [7, 11) is 0. The molecule has 2 heterocycles. The van der Waals surface area contributed by atoms with Gasteiger partial charge in [-0.05, 0) is 43.4 Å². The van der Waals surface area contributed by atoms with Crippen LogP contribution < -0.4 is 5.32 Å². The highest BCUT2D eigenvalue weighted by Crippen LogP contribution is 2.30. The van der Waals surface area contributed by atoms with Crippen molar-refractivity contribution in [1.29, 1.82) is 0 Å². The molecule has 7 heteroatoms. The van der Waals surface area contributed by atoms with Crippen LogP contribution in [0.1, 0.15) is 23.7 Å². The van der Waals surface area contributed by atoms with E-state index in [2.05, 4.69) is 14.7 Å². The Morgan fingerprint density at radius 3 is 2.56 bits per heavy atom. The third-order valence-corrected chi connectivity index (χ3v) is 3.44. The van der Waals surface area contributed by atoms with E-state index in [-0.39, 0.29) is 0 Å². The van der Waals surface area contributed by atoms with Crippen molar-refractivity contribution in [3.8, 4) is 0 Å². The maximum Gasteiger partial charge on any atom is 0.444 e. The number of rotatable bonds is 2. The fraction of sp³-hybridized carbons (Fsp3) is 0.778. The number of hydrogen-bond acceptors (Lipinski definition) is 4. The summed E-state index contributed by atoms with van der Waals surface area (Å²) in [6.45, 7) is 1.86. The standard InChI is InChI=1S/C9H12F3N3S/c10-9(11,12)8-14-7(15-16-8)5-6-1-3-13-4-2-6/h6,13H,1-5H2. The summed E-state index contributed by atoms with van der Waals surface area (Å²) in [6, 6.07) is 0. The first-order valence-electron chi connectivity index (χ1n) is 5.16. The average molecular weight is 251 g/mol. The Kier molecular flexibility index (Phi) is 3.44. The van der Waals surface area contributed by atoms with E-state index >= 15 is 0 Å². The van der Waals surface area contributed by atoms with Gasteiger partial charge in [-0.25, -0.2) is 4.98 Å². The van der Waals surface area contributed by atoms with Gasteiger partial charge in [-0.3, -0.25) is 0 Å². The molecule has 0 aliphatic carbocycles. The molecule has 16 heavy (non-hydrogen) atoms. The summed E-state index contributed by atoms with van der Waals surface area (Å²) in [6.07, 6.45) is -1.82. The Balaban J connectivity index is 1.97. The topological polar surface area (TPSA) is 37.8 Å². The van der Waals surface area contributed by atoms with Gasteiger partial charge in [0.15, 0.2) is 0 Å². The van der Waals surface area contributed by atoms with Gasteiger partial charge >= 0.3 is 6.18 Å². The fourth-order valence-electron chi connectivity index (χ4n) is 1.80. The number of nitrogens with zero attached hydrogens (tertiary/aromatic N) is 2. The summed E-state index contributed by atoms with van der Waals surface area (Å²) in [5.74, 6) is 0.751. The second kappa shape index (κ2) is 4.67. The molecule has 1 saturated heterocycles. The van der Waals surface area contributed by atoms with Crippen LogP contribution >= 0.6 is 11.5 Å². The van der Waals surface area contributed by atoms with Crippen LogP contribution in [0.25, 0.3) is 0 Å². The van der Waals surface area contributed by atoms with Crippen molar-refractivity contribution in [2.45, 2.75) is 25.4 Å². The van der Waals surface area contributed by atoms with E-state index in [4.69, 9.17) is 0 Å². The van der Waals surface area contributed by atoms with Crippen molar-refractivity contribution in [2.24, 2.45) is 5.92 Å². The molecule has 0 bridgehead atoms. The third-order valence-electron chi connectivity index (χ3n) is 2.64. The molecule has 0 atom stereocenters. The predicted molar refractivity (Wildman–Crippen MR) is 54.2 cm³/mol. The number of piperidine rings is 1. The predicted octanol–water partition coefficient (Wildman–Crippen LogP) is 2.10. The molecule has 2 rings (SSSR count). The quantitative estimate of drug-likeness (QED) is 0.874. The fourth-order valence-corrected chi connectivity index (χ4v) is 2.35. The zero-order valence-electron chi connectivity index (χ0n) is 8.55. The van der Waals surface area contributed by atoms with Gasteiger partial charge in [-0.2, -0.15) is 17.5 Å². The van der Waals surface area contributed by atoms with E-state index in [0.717, 1.165) is 25.9 Å². The molecule has 1 fully saturated rings. The van der Waals surface area contributed by atoms with Crippen LogP contribution in [0.5, 0.6) is 0 Å². The Morgan fingerprint density at radius 2 is 2.00 bits per heavy atom. The molecule has 1 aliphatic heterocycles. The number of hydrogen-bond donors (Lipinski definition) is 1. The van der Waals surface area contributed by atoms with Gasteiger partial charge in [0.1, 0.15) is 5.82 Å². The maximum absolute atomic E-state index is 12.3. The molecule has 1 N–H and O–H groups in total. The zero-order valence-corrected chi connectivity index (χ0v) is 9.37. The molecule has 90 valence electrons. The van der Waals surface area contributed by atoms with Crippen LogP contribution in [0.4, 0.5) is 13.2 Å². The molecule has 0 saturated carbocycles. The van der Waals surface area contributed by atoms with E-state index in [1.165, 1.54) is 0 Å². The van der Waals surface area contributed by atoms with Crippen LogP contribution in [0.3, 0.4) is 0 Å². The molecule has 1 aromatic rings. The number of alkyl halides is 3. The molecule has 1 aliphatic rings. The van der Waals surface area contributed by atoms with Gasteiger partial charge in [0, 0.05) is 6.42 Å². The van der Waals surface area contributed by atoms with Gasteiger partial charge in [0.25, 0.3) is 0 Å². The van der Waals surface area contributed by atoms with Gasteiger partial charge in [0.2, 0.25) is 5.01 Å². The molecule has 1 aromatic heterocycles. The van der Waals surface area contributed by atoms with Crippen LogP contribution in [0.15, 0.2) is 0 Å². The Hall–Kier alpha value is -0.690. The van der Waals surface area contributed by atoms with E-state index < -0.39 is 11.2 Å². The number of halogens is 3. The molecule has 0 unspecified atom stereocenters. The second-order valence-corrected chi connectivity index (χ2v) is 4.66. The van der Waals surface area contributed by atoms with Gasteiger partial charge < -0.3 is 5.32 Å². The minimum absolute atomic E-state index is 0.337. The Bertz CT molecular complexity index is 344. The molecule has 0 spiro atoms. The highest BCUT2D eigenvalue weighted by Gasteiger charge is 2.35. The van der Waals surface area contributed by atoms with E-state index in [0.29, 0.717) is 29.7 Å². The second-order valence-electron chi connectivity index (χ2n) is 3.91. The number of aromatic nitrogens is 2. The summed E-state index contributed by atoms with van der Waals surface area (Å²) >= 11 is 0.443. The summed E-state index contributed by atoms with van der Waals surface area (Å²) in [4.78, 5) is 3.54. The first-order chi connectivity index (χ1) is 7.55. The molecule has 0 amide bonds. The zero-order chi connectivity index (χ0) is 11.6. The lowest BCUT2D eigenvalue weighted by Crippen LogP contribution is -2.28. The lowest BCUT2D eigenvalue weighted by atomic mass is 9.94. The van der Waals surface area contributed by atoms with Crippen molar-refractivity contribution >= 4 is 11.5 Å². The Morgan fingerprint density at radius 1 is 1.31 bits per heavy atom. The molecular weight excluding hydrogens is 239 g/mol. The van der Waals surface area contributed by atoms with Crippen molar-refractivity contribution < 1.29 is 13.2 Å². The van der Waals surface area contributed by atoms with Crippen LogP contribution in [0.2, 0.25) is 0 Å². The third kappa shape index (κ3) is 2.91. The van der Waals surface area contributed by atoms with Crippen molar-refractivity contribution in [1.82, 2.24) is 14.7 Å². The monoisotopic (exact) mass is 251 g/mol. The molecule has 0 aromatic carbocycles.